The molecule has 2 aliphatic rings. The minimum Gasteiger partial charge on any atom is -0.508 e. The summed E-state index contributed by atoms with van der Waals surface area (Å²) in [5.74, 6) is 1.09. The zero-order valence-corrected chi connectivity index (χ0v) is 15.8. The number of fused-ring (bicyclic) bond motifs is 1. The van der Waals surface area contributed by atoms with Crippen molar-refractivity contribution in [2.24, 2.45) is 0 Å². The van der Waals surface area contributed by atoms with E-state index in [1.54, 1.807) is 18.3 Å². The van der Waals surface area contributed by atoms with Crippen molar-refractivity contribution in [3.8, 4) is 5.75 Å². The third-order valence-corrected chi connectivity index (χ3v) is 5.23. The minimum atomic E-state index is -0.0215. The molecule has 1 fully saturated rings. The number of nitrogens with zero attached hydrogens (tertiary/aromatic N) is 3. The van der Waals surface area contributed by atoms with Crippen LogP contribution in [0.3, 0.4) is 0 Å². The number of aromatic nitrogens is 1. The number of benzene rings is 1. The van der Waals surface area contributed by atoms with Crippen molar-refractivity contribution in [1.29, 1.82) is 0 Å². The first-order valence-corrected chi connectivity index (χ1v) is 9.46. The van der Waals surface area contributed by atoms with Gasteiger partial charge in [0.25, 0.3) is 5.91 Å². The first kappa shape index (κ1) is 17.8. The molecule has 0 saturated carbocycles. The Labute approximate surface area is 159 Å². The number of hydrogen-bond donors (Lipinski definition) is 1. The van der Waals surface area contributed by atoms with Gasteiger partial charge in [0.2, 0.25) is 0 Å². The van der Waals surface area contributed by atoms with E-state index in [0.717, 1.165) is 30.9 Å². The first-order valence-electron chi connectivity index (χ1n) is 9.46. The fourth-order valence-corrected chi connectivity index (χ4v) is 3.96. The van der Waals surface area contributed by atoms with Crippen LogP contribution in [-0.4, -0.2) is 52.7 Å². The fraction of sp³-hybridized carbons (Fsp3) is 0.429. The van der Waals surface area contributed by atoms with Crippen molar-refractivity contribution in [3.63, 3.8) is 0 Å². The average molecular weight is 367 g/mol. The van der Waals surface area contributed by atoms with Gasteiger partial charge in [0, 0.05) is 32.4 Å². The number of ether oxygens (including phenoxy) is 1. The maximum Gasteiger partial charge on any atom is 0.255 e. The van der Waals surface area contributed by atoms with E-state index in [0.29, 0.717) is 18.7 Å². The molecule has 1 aromatic carbocycles. The van der Waals surface area contributed by atoms with E-state index in [1.165, 1.54) is 5.56 Å². The Morgan fingerprint density at radius 3 is 2.63 bits per heavy atom. The third kappa shape index (κ3) is 3.76. The van der Waals surface area contributed by atoms with Gasteiger partial charge < -0.3 is 19.6 Å². The lowest BCUT2D eigenvalue weighted by Crippen LogP contribution is -2.45. The number of aromatic hydroxyl groups is 1. The normalized spacial score (nSPS) is 22.4. The number of rotatable bonds is 2. The monoisotopic (exact) mass is 367 g/mol. The highest BCUT2D eigenvalue weighted by atomic mass is 16.5. The van der Waals surface area contributed by atoms with Gasteiger partial charge in [0.15, 0.2) is 0 Å². The summed E-state index contributed by atoms with van der Waals surface area (Å²) in [6.07, 6.45) is 2.81. The van der Waals surface area contributed by atoms with Crippen molar-refractivity contribution in [2.75, 3.05) is 24.5 Å². The molecular formula is C21H25N3O3. The number of amides is 1. The Hall–Kier alpha value is -2.60. The number of phenolic OH excluding ortho intramolecular Hbond substituents is 1. The number of morpholine rings is 1. The van der Waals surface area contributed by atoms with Crippen molar-refractivity contribution in [1.82, 2.24) is 9.88 Å². The molecule has 3 heterocycles. The number of hydrogen-bond acceptors (Lipinski definition) is 5. The summed E-state index contributed by atoms with van der Waals surface area (Å²) >= 11 is 0. The topological polar surface area (TPSA) is 65.9 Å². The summed E-state index contributed by atoms with van der Waals surface area (Å²) in [4.78, 5) is 21.4. The second kappa shape index (κ2) is 7.19. The van der Waals surface area contributed by atoms with Gasteiger partial charge in [-0.3, -0.25) is 4.79 Å². The largest absolute Gasteiger partial charge is 0.508 e. The molecule has 4 rings (SSSR count). The molecule has 142 valence electrons. The number of phenols is 1. The highest BCUT2D eigenvalue weighted by molar-refractivity contribution is 5.94. The van der Waals surface area contributed by atoms with Crippen LogP contribution in [0.1, 0.15) is 35.3 Å². The summed E-state index contributed by atoms with van der Waals surface area (Å²) in [5, 5.41) is 9.69. The second-order valence-electron chi connectivity index (χ2n) is 7.50. The van der Waals surface area contributed by atoms with E-state index < -0.39 is 0 Å². The summed E-state index contributed by atoms with van der Waals surface area (Å²) < 4.78 is 5.77. The molecule has 0 radical (unpaired) electrons. The van der Waals surface area contributed by atoms with Crippen molar-refractivity contribution >= 4 is 11.7 Å². The summed E-state index contributed by atoms with van der Waals surface area (Å²) in [7, 11) is 0. The van der Waals surface area contributed by atoms with Gasteiger partial charge in [-0.05, 0) is 55.7 Å². The molecule has 6 nitrogen and oxygen atoms in total. The summed E-state index contributed by atoms with van der Waals surface area (Å²) in [5.41, 5.74) is 2.80. The second-order valence-corrected chi connectivity index (χ2v) is 7.50. The van der Waals surface area contributed by atoms with Gasteiger partial charge in [-0.2, -0.15) is 0 Å². The maximum atomic E-state index is 12.9. The predicted molar refractivity (Wildman–Crippen MR) is 103 cm³/mol. The Kier molecular flexibility index (Phi) is 4.74. The quantitative estimate of drug-likeness (QED) is 0.884. The predicted octanol–water partition coefficient (Wildman–Crippen LogP) is 2.60. The number of carbonyl (C=O) groups excluding carboxylic acids is 1. The van der Waals surface area contributed by atoms with Crippen molar-refractivity contribution in [3.05, 3.63) is 53.2 Å². The van der Waals surface area contributed by atoms with Crippen LogP contribution in [0.4, 0.5) is 5.82 Å². The number of pyridine rings is 1. The molecule has 2 atom stereocenters. The standard InChI is InChI=1S/C21H25N3O3/c1-14-11-24(12-15(2)27-14)20-6-4-17(10-22-20)21(26)23-8-7-16-3-5-19(25)9-18(16)13-23/h3-6,9-10,14-15,25H,7-8,11-13H2,1-2H3. The summed E-state index contributed by atoms with van der Waals surface area (Å²) in [6.45, 7) is 6.92. The van der Waals surface area contributed by atoms with Crippen LogP contribution in [0.5, 0.6) is 5.75 Å². The molecule has 0 bridgehead atoms. The molecule has 27 heavy (non-hydrogen) atoms. The highest BCUT2D eigenvalue weighted by Gasteiger charge is 2.25. The minimum absolute atomic E-state index is 0.0215. The van der Waals surface area contributed by atoms with Gasteiger partial charge >= 0.3 is 0 Å². The molecule has 1 amide bonds. The Bertz CT molecular complexity index is 827. The Morgan fingerprint density at radius 1 is 1.15 bits per heavy atom. The van der Waals surface area contributed by atoms with E-state index in [1.807, 2.05) is 23.1 Å². The van der Waals surface area contributed by atoms with E-state index in [2.05, 4.69) is 23.7 Å². The van der Waals surface area contributed by atoms with Gasteiger partial charge in [0.05, 0.1) is 17.8 Å². The lowest BCUT2D eigenvalue weighted by atomic mass is 9.99. The van der Waals surface area contributed by atoms with Crippen LogP contribution < -0.4 is 4.90 Å². The SMILES string of the molecule is CC1CN(c2ccc(C(=O)N3CCc4ccc(O)cc4C3)cn2)CC(C)O1. The summed E-state index contributed by atoms with van der Waals surface area (Å²) in [6, 6.07) is 9.16. The molecule has 2 aromatic rings. The number of carbonyl (C=O) groups is 1. The molecule has 1 N–H and O–H groups in total. The van der Waals surface area contributed by atoms with Crippen LogP contribution in [0.25, 0.3) is 0 Å². The molecule has 2 unspecified atom stereocenters. The van der Waals surface area contributed by atoms with Gasteiger partial charge in [-0.15, -0.1) is 0 Å². The van der Waals surface area contributed by atoms with Gasteiger partial charge in [-0.25, -0.2) is 4.98 Å². The van der Waals surface area contributed by atoms with Crippen molar-refractivity contribution in [2.45, 2.75) is 39.0 Å². The highest BCUT2D eigenvalue weighted by Crippen LogP contribution is 2.25. The van der Waals surface area contributed by atoms with Crippen LogP contribution in [0, 0.1) is 0 Å². The smallest absolute Gasteiger partial charge is 0.255 e. The molecule has 6 heteroatoms. The fourth-order valence-electron chi connectivity index (χ4n) is 3.96. The Balaban J connectivity index is 1.47. The van der Waals surface area contributed by atoms with Crippen LogP contribution in [-0.2, 0) is 17.7 Å². The first-order chi connectivity index (χ1) is 13.0. The van der Waals surface area contributed by atoms with Crippen LogP contribution in [0.2, 0.25) is 0 Å². The van der Waals surface area contributed by atoms with Crippen LogP contribution >= 0.6 is 0 Å². The zero-order valence-electron chi connectivity index (χ0n) is 15.8. The molecule has 1 aromatic heterocycles. The molecule has 0 spiro atoms. The van der Waals surface area contributed by atoms with Crippen molar-refractivity contribution < 1.29 is 14.6 Å². The molecule has 0 aliphatic carbocycles. The van der Waals surface area contributed by atoms with Crippen LogP contribution in [0.15, 0.2) is 36.5 Å². The molecule has 2 aliphatic heterocycles. The van der Waals surface area contributed by atoms with Gasteiger partial charge in [-0.1, -0.05) is 6.07 Å². The Morgan fingerprint density at radius 2 is 1.93 bits per heavy atom. The van der Waals surface area contributed by atoms with E-state index in [4.69, 9.17) is 4.74 Å². The lowest BCUT2D eigenvalue weighted by Gasteiger charge is -2.36. The van der Waals surface area contributed by atoms with E-state index in [-0.39, 0.29) is 23.9 Å². The third-order valence-electron chi connectivity index (χ3n) is 5.23. The number of anilines is 1. The maximum absolute atomic E-state index is 12.9. The van der Waals surface area contributed by atoms with E-state index in [9.17, 15) is 9.90 Å². The molecule has 1 saturated heterocycles. The average Bonchev–Trinajstić information content (AvgIpc) is 2.66. The van der Waals surface area contributed by atoms with E-state index >= 15 is 0 Å². The van der Waals surface area contributed by atoms with Gasteiger partial charge in [0.1, 0.15) is 11.6 Å². The molecular weight excluding hydrogens is 342 g/mol. The zero-order chi connectivity index (χ0) is 19.0. The lowest BCUT2D eigenvalue weighted by molar-refractivity contribution is -0.00546.